The number of methoxy groups -OCH3 is 1. The maximum absolute atomic E-state index is 12.6. The van der Waals surface area contributed by atoms with Gasteiger partial charge < -0.3 is 24.4 Å². The molecule has 1 saturated heterocycles. The lowest BCUT2D eigenvalue weighted by Crippen LogP contribution is -2.57. The van der Waals surface area contributed by atoms with Crippen molar-refractivity contribution in [2.45, 2.75) is 37.0 Å². The SMILES string of the molecule is COc1ccc(C(=O)NCC2(N(C)C)CCC3(CC2)OCCO3)cc1Br. The Morgan fingerprint density at radius 3 is 2.42 bits per heavy atom. The monoisotopic (exact) mass is 426 g/mol. The van der Waals surface area contributed by atoms with Crippen molar-refractivity contribution in [3.8, 4) is 5.75 Å². The van der Waals surface area contributed by atoms with Crippen molar-refractivity contribution in [2.24, 2.45) is 0 Å². The van der Waals surface area contributed by atoms with Crippen molar-refractivity contribution >= 4 is 21.8 Å². The highest BCUT2D eigenvalue weighted by Gasteiger charge is 2.47. The minimum Gasteiger partial charge on any atom is -0.496 e. The van der Waals surface area contributed by atoms with Crippen LogP contribution in [-0.4, -0.2) is 63.1 Å². The van der Waals surface area contributed by atoms with E-state index in [-0.39, 0.29) is 11.4 Å². The minimum absolute atomic E-state index is 0.0803. The molecule has 1 aliphatic heterocycles. The molecule has 0 radical (unpaired) electrons. The van der Waals surface area contributed by atoms with E-state index in [1.54, 1.807) is 25.3 Å². The molecule has 1 amide bonds. The number of nitrogens with zero attached hydrogens (tertiary/aromatic N) is 1. The zero-order valence-electron chi connectivity index (χ0n) is 15.6. The average Bonchev–Trinajstić information content (AvgIpc) is 3.09. The van der Waals surface area contributed by atoms with Crippen LogP contribution in [0.2, 0.25) is 0 Å². The van der Waals surface area contributed by atoms with Crippen molar-refractivity contribution in [1.82, 2.24) is 10.2 Å². The van der Waals surface area contributed by atoms with Gasteiger partial charge in [0.05, 0.1) is 24.8 Å². The molecular weight excluding hydrogens is 400 g/mol. The molecule has 1 aromatic carbocycles. The van der Waals surface area contributed by atoms with Gasteiger partial charge >= 0.3 is 0 Å². The first-order chi connectivity index (χ1) is 12.4. The summed E-state index contributed by atoms with van der Waals surface area (Å²) >= 11 is 3.43. The normalized spacial score (nSPS) is 21.1. The van der Waals surface area contributed by atoms with Crippen molar-refractivity contribution in [2.75, 3.05) is 41.0 Å². The standard InChI is InChI=1S/C19H27BrN2O4/c1-22(2)18(6-8-19(9-7-18)25-10-11-26-19)13-21-17(23)14-4-5-16(24-3)15(20)12-14/h4-5,12H,6-11,13H2,1-3H3,(H,21,23). The number of carbonyl (C=O) groups is 1. The maximum atomic E-state index is 12.6. The number of carbonyl (C=O) groups excluding carboxylic acids is 1. The summed E-state index contributed by atoms with van der Waals surface area (Å²) in [7, 11) is 5.75. The van der Waals surface area contributed by atoms with E-state index in [4.69, 9.17) is 14.2 Å². The van der Waals surface area contributed by atoms with Gasteiger partial charge in [0.15, 0.2) is 5.79 Å². The predicted octanol–water partition coefficient (Wildman–Crippen LogP) is 2.81. The number of likely N-dealkylation sites (N-methyl/N-ethyl adjacent to an activating group) is 1. The van der Waals surface area contributed by atoms with E-state index in [0.29, 0.717) is 31.1 Å². The van der Waals surface area contributed by atoms with Crippen LogP contribution in [0.25, 0.3) is 0 Å². The molecule has 1 heterocycles. The number of ether oxygens (including phenoxy) is 3. The molecule has 0 bridgehead atoms. The number of hydrogen-bond donors (Lipinski definition) is 1. The van der Waals surface area contributed by atoms with Gasteiger partial charge in [0, 0.05) is 30.5 Å². The van der Waals surface area contributed by atoms with Crippen LogP contribution in [0, 0.1) is 0 Å². The zero-order chi connectivity index (χ0) is 18.8. The Bertz CT molecular complexity index is 649. The summed E-state index contributed by atoms with van der Waals surface area (Å²) in [6.07, 6.45) is 3.56. The molecule has 1 aromatic rings. The molecule has 0 aromatic heterocycles. The highest BCUT2D eigenvalue weighted by molar-refractivity contribution is 9.10. The van der Waals surface area contributed by atoms with Crippen molar-refractivity contribution in [1.29, 1.82) is 0 Å². The highest BCUT2D eigenvalue weighted by Crippen LogP contribution is 2.42. The average molecular weight is 427 g/mol. The van der Waals surface area contributed by atoms with E-state index in [1.165, 1.54) is 0 Å². The number of nitrogens with one attached hydrogen (secondary N) is 1. The summed E-state index contributed by atoms with van der Waals surface area (Å²) in [5.41, 5.74) is 0.529. The second-order valence-electron chi connectivity index (χ2n) is 7.26. The predicted molar refractivity (Wildman–Crippen MR) is 103 cm³/mol. The third-order valence-electron chi connectivity index (χ3n) is 5.70. The lowest BCUT2D eigenvalue weighted by molar-refractivity contribution is -0.191. The number of halogens is 1. The molecule has 144 valence electrons. The Kier molecular flexibility index (Phi) is 5.91. The lowest BCUT2D eigenvalue weighted by atomic mass is 9.77. The molecular formula is C19H27BrN2O4. The Balaban J connectivity index is 1.64. The number of rotatable bonds is 5. The molecule has 6 nitrogen and oxygen atoms in total. The van der Waals surface area contributed by atoms with Crippen LogP contribution in [0.3, 0.4) is 0 Å². The van der Waals surface area contributed by atoms with Gasteiger partial charge in [-0.15, -0.1) is 0 Å². The van der Waals surface area contributed by atoms with E-state index in [9.17, 15) is 4.79 Å². The zero-order valence-corrected chi connectivity index (χ0v) is 17.2. The van der Waals surface area contributed by atoms with Gasteiger partial charge in [0.25, 0.3) is 5.91 Å². The number of benzene rings is 1. The largest absolute Gasteiger partial charge is 0.496 e. The van der Waals surface area contributed by atoms with Crippen LogP contribution in [0.5, 0.6) is 5.75 Å². The fraction of sp³-hybridized carbons (Fsp3) is 0.632. The van der Waals surface area contributed by atoms with Crippen molar-refractivity contribution < 1.29 is 19.0 Å². The first kappa shape index (κ1) is 19.6. The highest BCUT2D eigenvalue weighted by atomic mass is 79.9. The number of amides is 1. The molecule has 2 fully saturated rings. The Morgan fingerprint density at radius 1 is 1.23 bits per heavy atom. The van der Waals surface area contributed by atoms with Gasteiger partial charge in [0.1, 0.15) is 5.75 Å². The van der Waals surface area contributed by atoms with Gasteiger partial charge in [-0.1, -0.05) is 0 Å². The van der Waals surface area contributed by atoms with Gasteiger partial charge in [-0.2, -0.15) is 0 Å². The molecule has 1 saturated carbocycles. The second kappa shape index (κ2) is 7.84. The van der Waals surface area contributed by atoms with Crippen LogP contribution in [0.15, 0.2) is 22.7 Å². The van der Waals surface area contributed by atoms with Gasteiger partial charge in [-0.25, -0.2) is 0 Å². The lowest BCUT2D eigenvalue weighted by Gasteiger charge is -2.47. The molecule has 1 aliphatic carbocycles. The Hall–Kier alpha value is -1.15. The van der Waals surface area contributed by atoms with Crippen LogP contribution in [-0.2, 0) is 9.47 Å². The summed E-state index contributed by atoms with van der Waals surface area (Å²) in [4.78, 5) is 14.8. The van der Waals surface area contributed by atoms with Crippen LogP contribution in [0.1, 0.15) is 36.0 Å². The van der Waals surface area contributed by atoms with Crippen molar-refractivity contribution in [3.05, 3.63) is 28.2 Å². The van der Waals surface area contributed by atoms with Crippen LogP contribution < -0.4 is 10.1 Å². The van der Waals surface area contributed by atoms with E-state index in [1.807, 2.05) is 0 Å². The minimum atomic E-state index is -0.398. The van der Waals surface area contributed by atoms with E-state index >= 15 is 0 Å². The molecule has 0 atom stereocenters. The molecule has 1 spiro atoms. The van der Waals surface area contributed by atoms with Gasteiger partial charge in [-0.05, 0) is 61.1 Å². The van der Waals surface area contributed by atoms with Gasteiger partial charge in [0.2, 0.25) is 0 Å². The van der Waals surface area contributed by atoms with E-state index < -0.39 is 5.79 Å². The maximum Gasteiger partial charge on any atom is 0.251 e. The fourth-order valence-electron chi connectivity index (χ4n) is 3.82. The molecule has 26 heavy (non-hydrogen) atoms. The first-order valence-electron chi connectivity index (χ1n) is 8.97. The third kappa shape index (κ3) is 3.91. The summed E-state index contributed by atoms with van der Waals surface area (Å²) in [5.74, 6) is 0.230. The molecule has 1 N–H and O–H groups in total. The Morgan fingerprint density at radius 2 is 1.88 bits per heavy atom. The second-order valence-corrected chi connectivity index (χ2v) is 8.11. The molecule has 7 heteroatoms. The summed E-state index contributed by atoms with van der Waals surface area (Å²) in [6, 6.07) is 5.35. The van der Waals surface area contributed by atoms with E-state index in [0.717, 1.165) is 30.2 Å². The summed E-state index contributed by atoms with van der Waals surface area (Å²) in [5, 5.41) is 3.11. The van der Waals surface area contributed by atoms with E-state index in [2.05, 4.69) is 40.2 Å². The molecule has 3 rings (SSSR count). The molecule has 0 unspecified atom stereocenters. The summed E-state index contributed by atoms with van der Waals surface area (Å²) < 4.78 is 17.7. The number of hydrogen-bond acceptors (Lipinski definition) is 5. The fourth-order valence-corrected chi connectivity index (χ4v) is 4.36. The molecule has 2 aliphatic rings. The van der Waals surface area contributed by atoms with Crippen molar-refractivity contribution in [3.63, 3.8) is 0 Å². The van der Waals surface area contributed by atoms with Crippen LogP contribution >= 0.6 is 15.9 Å². The Labute approximate surface area is 163 Å². The first-order valence-corrected chi connectivity index (χ1v) is 9.76. The quantitative estimate of drug-likeness (QED) is 0.783. The van der Waals surface area contributed by atoms with Gasteiger partial charge in [-0.3, -0.25) is 4.79 Å². The third-order valence-corrected chi connectivity index (χ3v) is 6.32. The topological polar surface area (TPSA) is 60.0 Å². The smallest absolute Gasteiger partial charge is 0.251 e. The van der Waals surface area contributed by atoms with Crippen LogP contribution in [0.4, 0.5) is 0 Å². The summed E-state index contributed by atoms with van der Waals surface area (Å²) in [6.45, 7) is 1.95.